The molecule has 1 amide bonds. The minimum atomic E-state index is -1.22. The Bertz CT molecular complexity index is 1110. The molecule has 1 aliphatic heterocycles. The SMILES string of the molecule is CN(c1ncnc2[nH]ccc12)C1CCN(C(=O)c2cc(C#N)cc(F)c2F)CC1. The quantitative estimate of drug-likeness (QED) is 0.735. The summed E-state index contributed by atoms with van der Waals surface area (Å²) < 4.78 is 27.8. The number of hydrogen-bond acceptors (Lipinski definition) is 5. The molecule has 1 fully saturated rings. The molecule has 0 spiro atoms. The third kappa shape index (κ3) is 3.38. The molecule has 1 saturated heterocycles. The maximum atomic E-state index is 14.1. The Hall–Kier alpha value is -3.54. The lowest BCUT2D eigenvalue weighted by atomic mass is 10.0. The molecule has 3 heterocycles. The first-order valence-electron chi connectivity index (χ1n) is 9.19. The van der Waals surface area contributed by atoms with Crippen LogP contribution in [-0.4, -0.2) is 51.9 Å². The highest BCUT2D eigenvalue weighted by Gasteiger charge is 2.29. The van der Waals surface area contributed by atoms with Crippen LogP contribution in [0.2, 0.25) is 0 Å². The average molecular weight is 396 g/mol. The van der Waals surface area contributed by atoms with E-state index in [1.165, 1.54) is 11.2 Å². The summed E-state index contributed by atoms with van der Waals surface area (Å²) in [6, 6.07) is 5.69. The molecule has 0 aliphatic carbocycles. The van der Waals surface area contributed by atoms with Gasteiger partial charge >= 0.3 is 0 Å². The maximum absolute atomic E-state index is 14.1. The van der Waals surface area contributed by atoms with Gasteiger partial charge in [-0.1, -0.05) is 0 Å². The molecule has 1 aliphatic rings. The number of halogens is 2. The number of piperidine rings is 1. The van der Waals surface area contributed by atoms with Gasteiger partial charge in [-0.3, -0.25) is 4.79 Å². The molecule has 2 aromatic heterocycles. The van der Waals surface area contributed by atoms with E-state index >= 15 is 0 Å². The van der Waals surface area contributed by atoms with E-state index in [-0.39, 0.29) is 11.6 Å². The van der Waals surface area contributed by atoms with Crippen LogP contribution in [0.15, 0.2) is 30.7 Å². The van der Waals surface area contributed by atoms with Crippen molar-refractivity contribution in [3.63, 3.8) is 0 Å². The van der Waals surface area contributed by atoms with Crippen LogP contribution in [0.5, 0.6) is 0 Å². The molecule has 3 aromatic rings. The number of amides is 1. The molecular formula is C20H18F2N6O. The number of likely N-dealkylation sites (tertiary alicyclic amines) is 1. The topological polar surface area (TPSA) is 88.9 Å². The first kappa shape index (κ1) is 18.8. The Labute approximate surface area is 165 Å². The third-order valence-corrected chi connectivity index (χ3v) is 5.35. The summed E-state index contributed by atoms with van der Waals surface area (Å²) in [5.74, 6) is -2.21. The van der Waals surface area contributed by atoms with Crippen molar-refractivity contribution in [1.29, 1.82) is 5.26 Å². The number of nitrogens with zero attached hydrogens (tertiary/aromatic N) is 5. The van der Waals surface area contributed by atoms with Crippen LogP contribution < -0.4 is 4.90 Å². The van der Waals surface area contributed by atoms with Crippen LogP contribution in [0.4, 0.5) is 14.6 Å². The second-order valence-corrected chi connectivity index (χ2v) is 7.00. The van der Waals surface area contributed by atoms with Crippen molar-refractivity contribution in [3.8, 4) is 6.07 Å². The number of anilines is 1. The van der Waals surface area contributed by atoms with Crippen molar-refractivity contribution in [1.82, 2.24) is 19.9 Å². The zero-order valence-corrected chi connectivity index (χ0v) is 15.7. The number of fused-ring (bicyclic) bond motifs is 1. The summed E-state index contributed by atoms with van der Waals surface area (Å²) in [7, 11) is 1.95. The number of rotatable bonds is 3. The van der Waals surface area contributed by atoms with Gasteiger partial charge < -0.3 is 14.8 Å². The molecule has 0 radical (unpaired) electrons. The molecule has 0 unspecified atom stereocenters. The second-order valence-electron chi connectivity index (χ2n) is 7.00. The fourth-order valence-corrected chi connectivity index (χ4v) is 3.75. The van der Waals surface area contributed by atoms with Crippen molar-refractivity contribution >= 4 is 22.8 Å². The standard InChI is InChI=1S/C20H18F2N6O/c1-27(19-14-2-5-24-18(14)25-11-26-19)13-3-6-28(7-4-13)20(29)15-8-12(10-23)9-16(21)17(15)22/h2,5,8-9,11,13H,3-4,6-7H2,1H3,(H,24,25,26). The van der Waals surface area contributed by atoms with Gasteiger partial charge in [0.15, 0.2) is 11.6 Å². The van der Waals surface area contributed by atoms with Gasteiger partial charge in [0.05, 0.1) is 22.6 Å². The molecule has 0 atom stereocenters. The van der Waals surface area contributed by atoms with Crippen LogP contribution in [0.25, 0.3) is 11.0 Å². The molecule has 4 rings (SSSR count). The van der Waals surface area contributed by atoms with Crippen LogP contribution in [-0.2, 0) is 0 Å². The normalized spacial score (nSPS) is 14.8. The third-order valence-electron chi connectivity index (χ3n) is 5.35. The van der Waals surface area contributed by atoms with Gasteiger partial charge in [0.25, 0.3) is 5.91 Å². The first-order chi connectivity index (χ1) is 14.0. The number of aromatic nitrogens is 3. The molecule has 148 valence electrons. The van der Waals surface area contributed by atoms with Crippen molar-refractivity contribution in [3.05, 3.63) is 53.5 Å². The zero-order chi connectivity index (χ0) is 20.5. The number of carbonyl (C=O) groups is 1. The number of nitriles is 1. The van der Waals surface area contributed by atoms with E-state index in [4.69, 9.17) is 5.26 Å². The van der Waals surface area contributed by atoms with Crippen LogP contribution >= 0.6 is 0 Å². The Kier molecular flexibility index (Phi) is 4.84. The van der Waals surface area contributed by atoms with E-state index in [1.807, 2.05) is 13.1 Å². The van der Waals surface area contributed by atoms with Crippen molar-refractivity contribution in [2.24, 2.45) is 0 Å². The molecule has 0 saturated carbocycles. The molecule has 7 nitrogen and oxygen atoms in total. The van der Waals surface area contributed by atoms with Crippen LogP contribution in [0.3, 0.4) is 0 Å². The lowest BCUT2D eigenvalue weighted by Crippen LogP contribution is -2.46. The molecule has 1 N–H and O–H groups in total. The fraction of sp³-hybridized carbons (Fsp3) is 0.300. The fourth-order valence-electron chi connectivity index (χ4n) is 3.75. The summed E-state index contributed by atoms with van der Waals surface area (Å²) in [5, 5.41) is 9.87. The summed E-state index contributed by atoms with van der Waals surface area (Å²) in [6.07, 6.45) is 4.62. The predicted octanol–water partition coefficient (Wildman–Crippen LogP) is 2.85. The van der Waals surface area contributed by atoms with Gasteiger partial charge in [0.2, 0.25) is 0 Å². The highest BCUT2D eigenvalue weighted by Crippen LogP contribution is 2.27. The summed E-state index contributed by atoms with van der Waals surface area (Å²) in [4.78, 5) is 27.9. The number of nitrogens with one attached hydrogen (secondary N) is 1. The monoisotopic (exact) mass is 396 g/mol. The summed E-state index contributed by atoms with van der Waals surface area (Å²) in [6.45, 7) is 0.792. The van der Waals surface area contributed by atoms with Gasteiger partial charge in [-0.15, -0.1) is 0 Å². The lowest BCUT2D eigenvalue weighted by molar-refractivity contribution is 0.0707. The number of benzene rings is 1. The Balaban J connectivity index is 1.48. The van der Waals surface area contributed by atoms with E-state index in [9.17, 15) is 13.6 Å². The molecule has 1 aromatic carbocycles. The van der Waals surface area contributed by atoms with E-state index in [1.54, 1.807) is 12.3 Å². The van der Waals surface area contributed by atoms with Gasteiger partial charge in [0, 0.05) is 32.4 Å². The minimum Gasteiger partial charge on any atom is -0.356 e. The van der Waals surface area contributed by atoms with Crippen molar-refractivity contribution in [2.75, 3.05) is 25.0 Å². The summed E-state index contributed by atoms with van der Waals surface area (Å²) >= 11 is 0. The van der Waals surface area contributed by atoms with E-state index in [0.717, 1.165) is 29.0 Å². The number of aromatic amines is 1. The summed E-state index contributed by atoms with van der Waals surface area (Å²) in [5.41, 5.74) is 0.267. The van der Waals surface area contributed by atoms with Crippen LogP contribution in [0.1, 0.15) is 28.8 Å². The Morgan fingerprint density at radius 2 is 2.07 bits per heavy atom. The van der Waals surface area contributed by atoms with Gasteiger partial charge in [-0.2, -0.15) is 5.26 Å². The maximum Gasteiger partial charge on any atom is 0.256 e. The average Bonchev–Trinajstić information content (AvgIpc) is 3.23. The molecule has 29 heavy (non-hydrogen) atoms. The van der Waals surface area contributed by atoms with Crippen molar-refractivity contribution in [2.45, 2.75) is 18.9 Å². The van der Waals surface area contributed by atoms with Gasteiger partial charge in [0.1, 0.15) is 17.8 Å². The minimum absolute atomic E-state index is 0.0823. The first-order valence-corrected chi connectivity index (χ1v) is 9.19. The second kappa shape index (κ2) is 7.47. The highest BCUT2D eigenvalue weighted by atomic mass is 19.2. The van der Waals surface area contributed by atoms with E-state index in [0.29, 0.717) is 25.9 Å². The van der Waals surface area contributed by atoms with Crippen LogP contribution in [0, 0.1) is 23.0 Å². The van der Waals surface area contributed by atoms with E-state index < -0.39 is 23.1 Å². The predicted molar refractivity (Wildman–Crippen MR) is 102 cm³/mol. The Morgan fingerprint density at radius 1 is 1.31 bits per heavy atom. The molecule has 0 bridgehead atoms. The lowest BCUT2D eigenvalue weighted by Gasteiger charge is -2.37. The largest absolute Gasteiger partial charge is 0.356 e. The molecule has 9 heteroatoms. The molecular weight excluding hydrogens is 378 g/mol. The Morgan fingerprint density at radius 3 is 2.79 bits per heavy atom. The van der Waals surface area contributed by atoms with E-state index in [2.05, 4.69) is 19.9 Å². The number of H-pyrrole nitrogens is 1. The van der Waals surface area contributed by atoms with Gasteiger partial charge in [-0.25, -0.2) is 18.7 Å². The number of carbonyl (C=O) groups excluding carboxylic acids is 1. The van der Waals surface area contributed by atoms with Crippen molar-refractivity contribution < 1.29 is 13.6 Å². The highest BCUT2D eigenvalue weighted by molar-refractivity contribution is 5.95. The zero-order valence-electron chi connectivity index (χ0n) is 15.7. The smallest absolute Gasteiger partial charge is 0.256 e. The number of hydrogen-bond donors (Lipinski definition) is 1. The van der Waals surface area contributed by atoms with Gasteiger partial charge in [-0.05, 0) is 31.0 Å².